The zero-order valence-electron chi connectivity index (χ0n) is 9.98. The molecule has 0 saturated heterocycles. The quantitative estimate of drug-likeness (QED) is 0.397. The summed E-state index contributed by atoms with van der Waals surface area (Å²) in [5.41, 5.74) is 0.584. The average molecular weight is 309 g/mol. The third-order valence-electron chi connectivity index (χ3n) is 2.07. The van der Waals surface area contributed by atoms with Crippen molar-refractivity contribution in [1.82, 2.24) is 0 Å². The predicted octanol–water partition coefficient (Wildman–Crippen LogP) is 3.44. The fraction of sp³-hybridized carbons (Fsp3) is 0.286. The van der Waals surface area contributed by atoms with Crippen LogP contribution in [0.25, 0.3) is 0 Å². The van der Waals surface area contributed by atoms with Crippen LogP contribution in [-0.2, 0) is 21.8 Å². The first-order chi connectivity index (χ1) is 8.34. The van der Waals surface area contributed by atoms with Crippen LogP contribution in [0.1, 0.15) is 17.5 Å². The molecule has 18 heavy (non-hydrogen) atoms. The maximum absolute atomic E-state index is 8.49. The van der Waals surface area contributed by atoms with Crippen molar-refractivity contribution in [1.29, 1.82) is 0 Å². The number of hydrogen-bond donors (Lipinski definition) is 1. The second-order valence-electron chi connectivity index (χ2n) is 3.44. The molecule has 0 heterocycles. The maximum Gasteiger partial charge on any atom is 0.113 e. The van der Waals surface area contributed by atoms with E-state index in [9.17, 15) is 0 Å². The van der Waals surface area contributed by atoms with Crippen molar-refractivity contribution in [2.75, 3.05) is 13.2 Å². The van der Waals surface area contributed by atoms with Crippen LogP contribution in [0.15, 0.2) is 54.6 Å². The van der Waals surface area contributed by atoms with Gasteiger partial charge in [0.25, 0.3) is 0 Å². The van der Waals surface area contributed by atoms with Gasteiger partial charge < -0.3 is 40.2 Å². The molecule has 2 aromatic carbocycles. The van der Waals surface area contributed by atoms with Crippen molar-refractivity contribution in [2.24, 2.45) is 0 Å². The summed E-state index contributed by atoms with van der Waals surface area (Å²) in [5, 5.41) is 8.49. The van der Waals surface area contributed by atoms with E-state index >= 15 is 0 Å². The second kappa shape index (κ2) is 11.5. The Labute approximate surface area is 124 Å². The molecule has 0 aliphatic rings. The number of hydrogen-bond acceptors (Lipinski definition) is 2. The number of halogens is 1. The van der Waals surface area contributed by atoms with Crippen LogP contribution in [0.5, 0.6) is 0 Å². The number of ether oxygens (including phenoxy) is 1. The Morgan fingerprint density at radius 3 is 2.06 bits per heavy atom. The van der Waals surface area contributed by atoms with E-state index in [2.05, 4.69) is 0 Å². The number of rotatable bonds is 5. The molecule has 0 aromatic heterocycles. The molecule has 0 fully saturated rings. The first-order valence-corrected chi connectivity index (χ1v) is 6.03. The SMILES string of the molecule is OCCCOC(Cl)[c-]1cccc1.[Fe].[cH-]1[cH-][cH-][cH-][cH-]1. The number of aliphatic hydroxyl groups is 1. The van der Waals surface area contributed by atoms with E-state index in [1.165, 1.54) is 0 Å². The molecule has 0 saturated carbocycles. The van der Waals surface area contributed by atoms with Crippen LogP contribution in [0, 0.1) is 0 Å². The number of alkyl halides is 1. The monoisotopic (exact) mass is 308 g/mol. The fourth-order valence-electron chi connectivity index (χ4n) is 1.21. The van der Waals surface area contributed by atoms with Gasteiger partial charge in [0.05, 0.1) is 0 Å². The molecular weight excluding hydrogens is 291 g/mol. The molecule has 1 N–H and O–H groups in total. The fourth-order valence-corrected chi connectivity index (χ4v) is 1.44. The first-order valence-electron chi connectivity index (χ1n) is 5.59. The summed E-state index contributed by atoms with van der Waals surface area (Å²) < 4.78 is 5.23. The van der Waals surface area contributed by atoms with E-state index in [1.54, 1.807) is 0 Å². The molecule has 2 rings (SSSR count). The Bertz CT molecular complexity index is 329. The van der Waals surface area contributed by atoms with Gasteiger partial charge in [-0.15, -0.1) is 17.2 Å². The summed E-state index contributed by atoms with van der Waals surface area (Å²) in [5.74, 6) is 0. The van der Waals surface area contributed by atoms with E-state index in [1.807, 2.05) is 54.6 Å². The molecule has 0 radical (unpaired) electrons. The maximum atomic E-state index is 8.49. The minimum atomic E-state index is -0.383. The van der Waals surface area contributed by atoms with Crippen molar-refractivity contribution in [2.45, 2.75) is 12.0 Å². The van der Waals surface area contributed by atoms with E-state index in [4.69, 9.17) is 21.4 Å². The second-order valence-corrected chi connectivity index (χ2v) is 3.84. The van der Waals surface area contributed by atoms with E-state index < -0.39 is 0 Å². The third-order valence-corrected chi connectivity index (χ3v) is 2.45. The Kier molecular flexibility index (Phi) is 11.2. The van der Waals surface area contributed by atoms with Crippen molar-refractivity contribution in [3.63, 3.8) is 0 Å². The van der Waals surface area contributed by atoms with Crippen molar-refractivity contribution >= 4 is 11.6 Å². The van der Waals surface area contributed by atoms with Crippen LogP contribution in [-0.4, -0.2) is 18.3 Å². The van der Waals surface area contributed by atoms with Crippen LogP contribution in [0.4, 0.5) is 0 Å². The molecule has 106 valence electrons. The molecule has 2 aromatic rings. The molecule has 2 nitrogen and oxygen atoms in total. The first kappa shape index (κ1) is 17.4. The summed E-state index contributed by atoms with van der Waals surface area (Å²) in [4.78, 5) is 0. The summed E-state index contributed by atoms with van der Waals surface area (Å²) in [6, 6.07) is 17.7. The van der Waals surface area contributed by atoms with Gasteiger partial charge in [0.2, 0.25) is 0 Å². The smallest absolute Gasteiger partial charge is 0.113 e. The molecular formula is C14H17ClFeO2-6. The zero-order valence-corrected chi connectivity index (χ0v) is 11.8. The van der Waals surface area contributed by atoms with Gasteiger partial charge >= 0.3 is 0 Å². The van der Waals surface area contributed by atoms with Gasteiger partial charge in [0.15, 0.2) is 0 Å². The standard InChI is InChI=1S/C9H12ClO2.C5H5.Fe/c10-9(12-7-3-6-11)8-4-1-2-5-8;1-2-4-5-3-1;/h1-2,4-5,9,11H,3,6-7H2;1-5H;/q-1;-5;. The van der Waals surface area contributed by atoms with E-state index in [0.29, 0.717) is 13.0 Å². The third kappa shape index (κ3) is 7.70. The summed E-state index contributed by atoms with van der Waals surface area (Å²) in [6.45, 7) is 0.639. The Balaban J connectivity index is 0.000000405. The number of aliphatic hydroxyl groups excluding tert-OH is 1. The van der Waals surface area contributed by atoms with Gasteiger partial charge in [0.1, 0.15) is 5.56 Å². The van der Waals surface area contributed by atoms with Gasteiger partial charge in [-0.3, -0.25) is 0 Å². The molecule has 1 unspecified atom stereocenters. The molecule has 0 aliphatic heterocycles. The molecule has 0 bridgehead atoms. The zero-order chi connectivity index (χ0) is 12.3. The van der Waals surface area contributed by atoms with Crippen molar-refractivity contribution < 1.29 is 26.9 Å². The molecule has 0 spiro atoms. The largest absolute Gasteiger partial charge is 0.748 e. The van der Waals surface area contributed by atoms with E-state index in [-0.39, 0.29) is 29.2 Å². The Morgan fingerprint density at radius 1 is 1.11 bits per heavy atom. The van der Waals surface area contributed by atoms with Gasteiger partial charge in [-0.05, 0) is 6.42 Å². The normalized spacial score (nSPS) is 11.0. The molecule has 4 heteroatoms. The molecule has 0 aliphatic carbocycles. The van der Waals surface area contributed by atoms with Crippen molar-refractivity contribution in [3.8, 4) is 0 Å². The van der Waals surface area contributed by atoms with Crippen LogP contribution in [0.3, 0.4) is 0 Å². The van der Waals surface area contributed by atoms with Gasteiger partial charge in [-0.2, -0.15) is 12.1 Å². The molecule has 1 atom stereocenters. The van der Waals surface area contributed by atoms with Gasteiger partial charge in [-0.25, -0.2) is 12.1 Å². The Morgan fingerprint density at radius 2 is 1.61 bits per heavy atom. The van der Waals surface area contributed by atoms with Crippen LogP contribution >= 0.6 is 11.6 Å². The van der Waals surface area contributed by atoms with Gasteiger partial charge in [-0.1, -0.05) is 0 Å². The predicted molar refractivity (Wildman–Crippen MR) is 70.3 cm³/mol. The summed E-state index contributed by atoms with van der Waals surface area (Å²) in [6.07, 6.45) is 0.629. The van der Waals surface area contributed by atoms with Crippen molar-refractivity contribution in [3.05, 3.63) is 60.2 Å². The minimum Gasteiger partial charge on any atom is -0.748 e. The van der Waals surface area contributed by atoms with E-state index in [0.717, 1.165) is 5.56 Å². The molecule has 0 amide bonds. The average Bonchev–Trinajstić information content (AvgIpc) is 3.05. The Hall–Kier alpha value is -0.571. The van der Waals surface area contributed by atoms with Crippen LogP contribution in [0.2, 0.25) is 0 Å². The minimum absolute atomic E-state index is 0. The van der Waals surface area contributed by atoms with Gasteiger partial charge in [0, 0.05) is 30.3 Å². The topological polar surface area (TPSA) is 29.5 Å². The summed E-state index contributed by atoms with van der Waals surface area (Å²) >= 11 is 5.88. The van der Waals surface area contributed by atoms with Crippen LogP contribution < -0.4 is 0 Å². The summed E-state index contributed by atoms with van der Waals surface area (Å²) in [7, 11) is 0.